The lowest BCUT2D eigenvalue weighted by atomic mass is 10.2. The molecule has 0 aliphatic rings. The molecule has 0 aliphatic heterocycles. The fourth-order valence-corrected chi connectivity index (χ4v) is 2.07. The van der Waals surface area contributed by atoms with E-state index in [-0.39, 0.29) is 12.1 Å². The van der Waals surface area contributed by atoms with E-state index in [4.69, 9.17) is 4.42 Å². The zero-order valence-corrected chi connectivity index (χ0v) is 12.7. The number of carbonyl (C=O) groups excluding carboxylic acids is 1. The molecule has 1 heterocycles. The second kappa shape index (κ2) is 7.30. The molecule has 0 aliphatic carbocycles. The Morgan fingerprint density at radius 3 is 2.60 bits per heavy atom. The predicted molar refractivity (Wildman–Crippen MR) is 75.9 cm³/mol. The summed E-state index contributed by atoms with van der Waals surface area (Å²) in [7, 11) is -3.17. The number of sulfonamides is 1. The van der Waals surface area contributed by atoms with Crippen LogP contribution >= 0.6 is 0 Å². The third-order valence-corrected chi connectivity index (χ3v) is 3.27. The van der Waals surface area contributed by atoms with Gasteiger partial charge in [0, 0.05) is 13.1 Å². The number of hydrogen-bond acceptors (Lipinski definition) is 4. The molecule has 0 bridgehead atoms. The minimum Gasteiger partial charge on any atom is -0.464 e. The second-order valence-electron chi connectivity index (χ2n) is 4.59. The van der Waals surface area contributed by atoms with Crippen molar-refractivity contribution >= 4 is 16.1 Å². The maximum absolute atomic E-state index is 11.6. The maximum Gasteiger partial charge on any atom is 0.315 e. The van der Waals surface area contributed by atoms with Gasteiger partial charge in [-0.25, -0.2) is 17.9 Å². The van der Waals surface area contributed by atoms with Gasteiger partial charge in [-0.05, 0) is 32.4 Å². The minimum absolute atomic E-state index is 0.224. The molecule has 2 amide bonds. The van der Waals surface area contributed by atoms with E-state index in [1.165, 1.54) is 0 Å². The lowest BCUT2D eigenvalue weighted by molar-refractivity contribution is 0.236. The average Bonchev–Trinajstić information content (AvgIpc) is 2.74. The molecule has 0 spiro atoms. The van der Waals surface area contributed by atoms with Gasteiger partial charge in [0.25, 0.3) is 0 Å². The molecule has 1 rings (SSSR count). The van der Waals surface area contributed by atoms with Crippen LogP contribution in [0.25, 0.3) is 0 Å². The van der Waals surface area contributed by atoms with E-state index in [0.29, 0.717) is 25.3 Å². The highest BCUT2D eigenvalue weighted by molar-refractivity contribution is 7.88. The molecule has 0 saturated carbocycles. The fourth-order valence-electron chi connectivity index (χ4n) is 1.55. The topological polar surface area (TPSA) is 100 Å². The molecule has 0 aromatic carbocycles. The lowest BCUT2D eigenvalue weighted by Crippen LogP contribution is -2.38. The van der Waals surface area contributed by atoms with Gasteiger partial charge in [-0.2, -0.15) is 0 Å². The number of rotatable bonds is 7. The van der Waals surface area contributed by atoms with Crippen molar-refractivity contribution in [3.05, 3.63) is 23.7 Å². The van der Waals surface area contributed by atoms with E-state index in [0.717, 1.165) is 12.0 Å². The number of hydrogen-bond donors (Lipinski definition) is 3. The van der Waals surface area contributed by atoms with Gasteiger partial charge in [0.15, 0.2) is 0 Å². The van der Waals surface area contributed by atoms with Gasteiger partial charge in [-0.15, -0.1) is 0 Å². The Labute approximate surface area is 119 Å². The van der Waals surface area contributed by atoms with E-state index < -0.39 is 10.0 Å². The molecule has 7 nitrogen and oxygen atoms in total. The fraction of sp³-hybridized carbons (Fsp3) is 0.583. The zero-order chi connectivity index (χ0) is 15.2. The molecule has 0 fully saturated rings. The third-order valence-electron chi connectivity index (χ3n) is 2.54. The van der Waals surface area contributed by atoms with Gasteiger partial charge in [-0.1, -0.05) is 0 Å². The normalized spacial score (nSPS) is 12.9. The quantitative estimate of drug-likeness (QED) is 0.651. The molecule has 3 N–H and O–H groups in total. The van der Waals surface area contributed by atoms with Crippen molar-refractivity contribution in [2.24, 2.45) is 0 Å². The molecule has 0 radical (unpaired) electrons. The van der Waals surface area contributed by atoms with Crippen LogP contribution < -0.4 is 15.4 Å². The SMILES string of the molecule is Cc1ccc([C@@H](C)NC(=O)NCCCNS(C)(=O)=O)o1. The molecule has 8 heteroatoms. The van der Waals surface area contributed by atoms with Crippen molar-refractivity contribution in [2.45, 2.75) is 26.3 Å². The number of urea groups is 1. The number of furan rings is 1. The van der Waals surface area contributed by atoms with Crippen LogP contribution in [0.2, 0.25) is 0 Å². The molecule has 1 aromatic rings. The summed E-state index contributed by atoms with van der Waals surface area (Å²) >= 11 is 0. The maximum atomic E-state index is 11.6. The summed E-state index contributed by atoms with van der Waals surface area (Å²) in [6, 6.07) is 3.11. The van der Waals surface area contributed by atoms with E-state index in [1.54, 1.807) is 0 Å². The van der Waals surface area contributed by atoms with Gasteiger partial charge in [0.05, 0.1) is 12.3 Å². The van der Waals surface area contributed by atoms with Crippen LogP contribution in [0, 0.1) is 6.92 Å². The van der Waals surface area contributed by atoms with Crippen molar-refractivity contribution in [1.82, 2.24) is 15.4 Å². The van der Waals surface area contributed by atoms with Crippen molar-refractivity contribution in [1.29, 1.82) is 0 Å². The molecule has 20 heavy (non-hydrogen) atoms. The van der Waals surface area contributed by atoms with Crippen LogP contribution in [0.15, 0.2) is 16.5 Å². The number of carbonyl (C=O) groups is 1. The van der Waals surface area contributed by atoms with Gasteiger partial charge >= 0.3 is 6.03 Å². The zero-order valence-electron chi connectivity index (χ0n) is 11.9. The highest BCUT2D eigenvalue weighted by Crippen LogP contribution is 2.14. The Morgan fingerprint density at radius 2 is 2.05 bits per heavy atom. The Kier molecular flexibility index (Phi) is 6.03. The Morgan fingerprint density at radius 1 is 1.35 bits per heavy atom. The van der Waals surface area contributed by atoms with Crippen LogP contribution in [-0.4, -0.2) is 33.8 Å². The Hall–Kier alpha value is -1.54. The van der Waals surface area contributed by atoms with Crippen LogP contribution in [-0.2, 0) is 10.0 Å². The largest absolute Gasteiger partial charge is 0.464 e. The Balaban J connectivity index is 2.20. The standard InChI is InChI=1S/C12H21N3O4S/c1-9-5-6-11(19-9)10(2)15-12(16)13-7-4-8-14-20(3,17)18/h5-6,10,14H,4,7-8H2,1-3H3,(H2,13,15,16)/t10-/m1/s1. The summed E-state index contributed by atoms with van der Waals surface area (Å²) in [5, 5.41) is 5.38. The first-order valence-electron chi connectivity index (χ1n) is 6.33. The van der Waals surface area contributed by atoms with Crippen molar-refractivity contribution in [3.63, 3.8) is 0 Å². The van der Waals surface area contributed by atoms with E-state index in [1.807, 2.05) is 26.0 Å². The van der Waals surface area contributed by atoms with Crippen LogP contribution in [0.1, 0.15) is 30.9 Å². The van der Waals surface area contributed by atoms with Crippen LogP contribution in [0.5, 0.6) is 0 Å². The summed E-state index contributed by atoms with van der Waals surface area (Å²) in [5.41, 5.74) is 0. The molecular weight excluding hydrogens is 282 g/mol. The first-order valence-corrected chi connectivity index (χ1v) is 8.22. The smallest absolute Gasteiger partial charge is 0.315 e. The average molecular weight is 303 g/mol. The minimum atomic E-state index is -3.17. The molecule has 1 atom stereocenters. The molecular formula is C12H21N3O4S. The second-order valence-corrected chi connectivity index (χ2v) is 6.42. The van der Waals surface area contributed by atoms with Crippen LogP contribution in [0.3, 0.4) is 0 Å². The summed E-state index contributed by atoms with van der Waals surface area (Å²) < 4.78 is 29.4. The summed E-state index contributed by atoms with van der Waals surface area (Å²) in [4.78, 5) is 11.6. The number of nitrogens with one attached hydrogen (secondary N) is 3. The van der Waals surface area contributed by atoms with Gasteiger partial charge < -0.3 is 15.1 Å². The van der Waals surface area contributed by atoms with Crippen molar-refractivity contribution in [3.8, 4) is 0 Å². The van der Waals surface area contributed by atoms with E-state index in [9.17, 15) is 13.2 Å². The molecule has 114 valence electrons. The van der Waals surface area contributed by atoms with E-state index in [2.05, 4.69) is 15.4 Å². The molecule has 1 aromatic heterocycles. The highest BCUT2D eigenvalue weighted by atomic mass is 32.2. The van der Waals surface area contributed by atoms with Gasteiger partial charge in [0.2, 0.25) is 10.0 Å². The van der Waals surface area contributed by atoms with Crippen LogP contribution in [0.4, 0.5) is 4.79 Å². The summed E-state index contributed by atoms with van der Waals surface area (Å²) in [6.45, 7) is 4.35. The molecule has 0 unspecified atom stereocenters. The highest BCUT2D eigenvalue weighted by Gasteiger charge is 2.12. The monoisotopic (exact) mass is 303 g/mol. The third kappa shape index (κ3) is 6.58. The van der Waals surface area contributed by atoms with Gasteiger partial charge in [-0.3, -0.25) is 0 Å². The first-order chi connectivity index (χ1) is 9.28. The van der Waals surface area contributed by atoms with E-state index >= 15 is 0 Å². The summed E-state index contributed by atoms with van der Waals surface area (Å²) in [5.74, 6) is 1.48. The van der Waals surface area contributed by atoms with Crippen molar-refractivity contribution in [2.75, 3.05) is 19.3 Å². The molecule has 0 saturated heterocycles. The predicted octanol–water partition coefficient (Wildman–Crippen LogP) is 0.888. The van der Waals surface area contributed by atoms with Crippen molar-refractivity contribution < 1.29 is 17.6 Å². The van der Waals surface area contributed by atoms with Gasteiger partial charge in [0.1, 0.15) is 11.5 Å². The number of aryl methyl sites for hydroxylation is 1. The summed E-state index contributed by atoms with van der Waals surface area (Å²) in [6.07, 6.45) is 1.62. The first kappa shape index (κ1) is 16.5. The number of amides is 2. The Bertz CT molecular complexity index is 539. The lowest BCUT2D eigenvalue weighted by Gasteiger charge is -2.12.